The van der Waals surface area contributed by atoms with Crippen molar-refractivity contribution in [1.29, 1.82) is 0 Å². The quantitative estimate of drug-likeness (QED) is 0.678. The van der Waals surface area contributed by atoms with E-state index in [-0.39, 0.29) is 5.69 Å². The smallest absolute Gasteiger partial charge is 0.277 e. The maximum atomic E-state index is 10.8. The minimum Gasteiger partial charge on any atom is -0.363 e. The van der Waals surface area contributed by atoms with E-state index in [1.807, 2.05) is 12.3 Å². The number of pyridine rings is 1. The third-order valence-corrected chi connectivity index (χ3v) is 3.33. The fourth-order valence-electron chi connectivity index (χ4n) is 1.46. The summed E-state index contributed by atoms with van der Waals surface area (Å²) in [6.07, 6.45) is 1.49. The molecule has 0 bridgehead atoms. The van der Waals surface area contributed by atoms with E-state index < -0.39 is 4.92 Å². The maximum Gasteiger partial charge on any atom is 0.277 e. The average molecular weight is 264 g/mol. The molecule has 0 atom stereocenters. The lowest BCUT2D eigenvalue weighted by atomic mass is 10.2. The lowest BCUT2D eigenvalue weighted by molar-refractivity contribution is -0.385. The van der Waals surface area contributed by atoms with E-state index in [4.69, 9.17) is 0 Å². The third-order valence-electron chi connectivity index (χ3n) is 2.36. The largest absolute Gasteiger partial charge is 0.363 e. The van der Waals surface area contributed by atoms with Crippen molar-refractivity contribution in [2.75, 3.05) is 5.32 Å². The zero-order valence-electron chi connectivity index (χ0n) is 10.0. The van der Waals surface area contributed by atoms with Gasteiger partial charge in [0.15, 0.2) is 0 Å². The predicted molar refractivity (Wildman–Crippen MR) is 69.8 cm³/mol. The predicted octanol–water partition coefficient (Wildman–Crippen LogP) is 2.68. The Morgan fingerprint density at radius 1 is 1.50 bits per heavy atom. The lowest BCUT2D eigenvalue weighted by Crippen LogP contribution is -2.02. The van der Waals surface area contributed by atoms with Gasteiger partial charge in [-0.3, -0.25) is 10.1 Å². The number of thiazole rings is 1. The molecular weight excluding hydrogens is 252 g/mol. The SMILES string of the molecule is Cc1csc(CNc2cc([N+](=O)[O-])c(C)cn2)n1. The van der Waals surface area contributed by atoms with Crippen LogP contribution in [0.3, 0.4) is 0 Å². The number of nitro groups is 1. The van der Waals surface area contributed by atoms with Crippen molar-refractivity contribution in [3.63, 3.8) is 0 Å². The second kappa shape index (κ2) is 5.09. The average Bonchev–Trinajstić information content (AvgIpc) is 2.74. The van der Waals surface area contributed by atoms with Crippen molar-refractivity contribution >= 4 is 22.8 Å². The van der Waals surface area contributed by atoms with Crippen LogP contribution in [0.5, 0.6) is 0 Å². The monoisotopic (exact) mass is 264 g/mol. The van der Waals surface area contributed by atoms with Crippen molar-refractivity contribution < 1.29 is 4.92 Å². The third kappa shape index (κ3) is 2.80. The zero-order chi connectivity index (χ0) is 13.1. The van der Waals surface area contributed by atoms with Crippen LogP contribution in [0.15, 0.2) is 17.6 Å². The number of aryl methyl sites for hydroxylation is 2. The number of hydrogen-bond donors (Lipinski definition) is 1. The number of hydrogen-bond acceptors (Lipinski definition) is 6. The van der Waals surface area contributed by atoms with Gasteiger partial charge in [-0.2, -0.15) is 0 Å². The van der Waals surface area contributed by atoms with Crippen LogP contribution in [0.2, 0.25) is 0 Å². The van der Waals surface area contributed by atoms with E-state index >= 15 is 0 Å². The normalized spacial score (nSPS) is 10.3. The van der Waals surface area contributed by atoms with Crippen LogP contribution < -0.4 is 5.32 Å². The molecule has 7 heteroatoms. The van der Waals surface area contributed by atoms with Gasteiger partial charge < -0.3 is 5.32 Å². The highest BCUT2D eigenvalue weighted by atomic mass is 32.1. The summed E-state index contributed by atoms with van der Waals surface area (Å²) in [6, 6.07) is 1.44. The van der Waals surface area contributed by atoms with Crippen LogP contribution in [0.25, 0.3) is 0 Å². The molecule has 2 heterocycles. The fourth-order valence-corrected chi connectivity index (χ4v) is 2.17. The molecule has 0 aliphatic carbocycles. The highest BCUT2D eigenvalue weighted by Crippen LogP contribution is 2.20. The summed E-state index contributed by atoms with van der Waals surface area (Å²) in [5.41, 5.74) is 1.60. The molecule has 0 saturated heterocycles. The fraction of sp³-hybridized carbons (Fsp3) is 0.273. The standard InChI is InChI=1S/C11H12N4O2S/c1-7-4-12-10(3-9(7)15(16)17)13-5-11-14-8(2)6-18-11/h3-4,6H,5H2,1-2H3,(H,12,13). The molecule has 0 unspecified atom stereocenters. The maximum absolute atomic E-state index is 10.8. The molecule has 0 aliphatic heterocycles. The Morgan fingerprint density at radius 2 is 2.28 bits per heavy atom. The Kier molecular flexibility index (Phi) is 3.52. The van der Waals surface area contributed by atoms with E-state index in [1.165, 1.54) is 12.3 Å². The summed E-state index contributed by atoms with van der Waals surface area (Å²) in [7, 11) is 0. The summed E-state index contributed by atoms with van der Waals surface area (Å²) < 4.78 is 0. The van der Waals surface area contributed by atoms with Crippen LogP contribution in [0.4, 0.5) is 11.5 Å². The second-order valence-electron chi connectivity index (χ2n) is 3.85. The first kappa shape index (κ1) is 12.4. The first-order valence-electron chi connectivity index (χ1n) is 5.32. The molecule has 0 aliphatic rings. The molecule has 0 radical (unpaired) electrons. The number of nitrogens with zero attached hydrogens (tertiary/aromatic N) is 3. The van der Waals surface area contributed by atoms with Crippen molar-refractivity contribution in [2.45, 2.75) is 20.4 Å². The Hall–Kier alpha value is -2.02. The van der Waals surface area contributed by atoms with E-state index in [2.05, 4.69) is 15.3 Å². The molecule has 0 spiro atoms. The number of rotatable bonds is 4. The van der Waals surface area contributed by atoms with E-state index in [0.29, 0.717) is 17.9 Å². The topological polar surface area (TPSA) is 81.0 Å². The molecule has 94 valence electrons. The van der Waals surface area contributed by atoms with Crippen molar-refractivity contribution in [1.82, 2.24) is 9.97 Å². The van der Waals surface area contributed by atoms with Gasteiger partial charge in [-0.15, -0.1) is 11.3 Å². The molecule has 2 aromatic heterocycles. The summed E-state index contributed by atoms with van der Waals surface area (Å²) in [5.74, 6) is 0.486. The number of aromatic nitrogens is 2. The molecule has 2 aromatic rings. The van der Waals surface area contributed by atoms with Gasteiger partial charge in [0.25, 0.3) is 5.69 Å². The zero-order valence-corrected chi connectivity index (χ0v) is 10.8. The summed E-state index contributed by atoms with van der Waals surface area (Å²) in [6.45, 7) is 4.11. The first-order chi connectivity index (χ1) is 8.56. The van der Waals surface area contributed by atoms with Gasteiger partial charge in [0.2, 0.25) is 0 Å². The molecule has 0 aromatic carbocycles. The van der Waals surface area contributed by atoms with E-state index in [9.17, 15) is 10.1 Å². The van der Waals surface area contributed by atoms with Gasteiger partial charge in [0, 0.05) is 22.8 Å². The number of nitrogens with one attached hydrogen (secondary N) is 1. The molecule has 1 N–H and O–H groups in total. The van der Waals surface area contributed by atoms with Gasteiger partial charge in [0.05, 0.1) is 17.5 Å². The second-order valence-corrected chi connectivity index (χ2v) is 4.79. The molecule has 0 fully saturated rings. The summed E-state index contributed by atoms with van der Waals surface area (Å²) in [5, 5.41) is 16.7. The van der Waals surface area contributed by atoms with Crippen LogP contribution in [-0.2, 0) is 6.54 Å². The minimum atomic E-state index is -0.407. The van der Waals surface area contributed by atoms with E-state index in [0.717, 1.165) is 10.7 Å². The molecule has 18 heavy (non-hydrogen) atoms. The van der Waals surface area contributed by atoms with Crippen molar-refractivity contribution in [2.24, 2.45) is 0 Å². The van der Waals surface area contributed by atoms with Crippen LogP contribution in [-0.4, -0.2) is 14.9 Å². The molecule has 0 amide bonds. The van der Waals surface area contributed by atoms with Crippen LogP contribution in [0.1, 0.15) is 16.3 Å². The van der Waals surface area contributed by atoms with Crippen LogP contribution >= 0.6 is 11.3 Å². The lowest BCUT2D eigenvalue weighted by Gasteiger charge is -2.04. The Labute approximate surface area is 108 Å². The van der Waals surface area contributed by atoms with Crippen LogP contribution in [0, 0.1) is 24.0 Å². The molecule has 2 rings (SSSR count). The molecule has 6 nitrogen and oxygen atoms in total. The highest BCUT2D eigenvalue weighted by Gasteiger charge is 2.12. The highest BCUT2D eigenvalue weighted by molar-refractivity contribution is 7.09. The minimum absolute atomic E-state index is 0.0721. The van der Waals surface area contributed by atoms with Crippen molar-refractivity contribution in [3.8, 4) is 0 Å². The van der Waals surface area contributed by atoms with Gasteiger partial charge >= 0.3 is 0 Å². The van der Waals surface area contributed by atoms with Crippen molar-refractivity contribution in [3.05, 3.63) is 44.0 Å². The van der Waals surface area contributed by atoms with Gasteiger partial charge in [-0.25, -0.2) is 9.97 Å². The van der Waals surface area contributed by atoms with Gasteiger partial charge in [-0.05, 0) is 13.8 Å². The molecular formula is C11H12N4O2S. The summed E-state index contributed by atoms with van der Waals surface area (Å²) in [4.78, 5) is 18.8. The van der Waals surface area contributed by atoms with E-state index in [1.54, 1.807) is 18.3 Å². The number of anilines is 1. The van der Waals surface area contributed by atoms with Gasteiger partial charge in [-0.1, -0.05) is 0 Å². The first-order valence-corrected chi connectivity index (χ1v) is 6.20. The summed E-state index contributed by atoms with van der Waals surface area (Å²) >= 11 is 1.55. The Bertz CT molecular complexity index is 582. The Balaban J connectivity index is 2.10. The van der Waals surface area contributed by atoms with Gasteiger partial charge in [0.1, 0.15) is 10.8 Å². The Morgan fingerprint density at radius 3 is 2.89 bits per heavy atom. The molecule has 0 saturated carbocycles.